The Morgan fingerprint density at radius 2 is 1.95 bits per heavy atom. The van der Waals surface area contributed by atoms with Crippen LogP contribution in [-0.4, -0.2) is 18.1 Å². The van der Waals surface area contributed by atoms with Crippen LogP contribution < -0.4 is 10.6 Å². The first-order valence-corrected chi connectivity index (χ1v) is 7.21. The molecule has 0 saturated carbocycles. The topological polar surface area (TPSA) is 42.2 Å². The number of pyridine rings is 1. The van der Waals surface area contributed by atoms with Gasteiger partial charge in [-0.25, -0.2) is 4.98 Å². The van der Waals surface area contributed by atoms with Gasteiger partial charge < -0.3 is 10.6 Å². The predicted octanol–water partition coefficient (Wildman–Crippen LogP) is 3.31. The zero-order chi connectivity index (χ0) is 14.9. The molecule has 0 spiro atoms. The highest BCUT2D eigenvalue weighted by Gasteiger charge is 2.32. The molecule has 2 rings (SSSR count). The molecule has 20 heavy (non-hydrogen) atoms. The van der Waals surface area contributed by atoms with Crippen LogP contribution in [0.3, 0.4) is 0 Å². The fraction of sp³-hybridized carbons (Fsp3) is 0.643. The summed E-state index contributed by atoms with van der Waals surface area (Å²) in [6.45, 7) is 6.20. The van der Waals surface area contributed by atoms with Gasteiger partial charge in [-0.2, -0.15) is 8.78 Å². The van der Waals surface area contributed by atoms with Gasteiger partial charge in [0, 0.05) is 25.2 Å². The summed E-state index contributed by atoms with van der Waals surface area (Å²) in [6.07, 6.45) is 1.14. The van der Waals surface area contributed by atoms with Gasteiger partial charge in [-0.05, 0) is 35.9 Å². The van der Waals surface area contributed by atoms with Crippen LogP contribution in [0.4, 0.5) is 14.6 Å². The van der Waals surface area contributed by atoms with Crippen molar-refractivity contribution < 1.29 is 8.78 Å². The summed E-state index contributed by atoms with van der Waals surface area (Å²) in [5, 5.41) is -3.45. The summed E-state index contributed by atoms with van der Waals surface area (Å²) in [5.41, 5.74) is 6.05. The second kappa shape index (κ2) is 5.82. The number of anilines is 1. The Hall–Kier alpha value is -0.940. The number of nitrogens with two attached hydrogens (primary N) is 1. The Morgan fingerprint density at radius 1 is 1.35 bits per heavy atom. The normalized spacial score (nSPS) is 24.0. The molecule has 2 atom stereocenters. The van der Waals surface area contributed by atoms with Gasteiger partial charge in [0.15, 0.2) is 0 Å². The first kappa shape index (κ1) is 15.4. The molecule has 1 aliphatic heterocycles. The summed E-state index contributed by atoms with van der Waals surface area (Å²) in [7, 11) is 0. The van der Waals surface area contributed by atoms with Crippen molar-refractivity contribution in [2.75, 3.05) is 18.0 Å². The molecule has 1 unspecified atom stereocenters. The van der Waals surface area contributed by atoms with E-state index < -0.39 is 11.1 Å². The number of aromatic nitrogens is 1. The number of alkyl halides is 3. The number of piperidine rings is 1. The van der Waals surface area contributed by atoms with Gasteiger partial charge in [-0.15, -0.1) is 0 Å². The molecule has 0 aromatic carbocycles. The minimum atomic E-state index is -3.45. The number of hydrogen-bond donors (Lipinski definition) is 1. The van der Waals surface area contributed by atoms with Gasteiger partial charge in [0.2, 0.25) is 0 Å². The fourth-order valence-electron chi connectivity index (χ4n) is 2.90. The maximum atomic E-state index is 13.2. The zero-order valence-corrected chi connectivity index (χ0v) is 12.5. The Kier molecular flexibility index (Phi) is 4.49. The van der Waals surface area contributed by atoms with E-state index in [2.05, 4.69) is 18.8 Å². The molecule has 2 heterocycles. The van der Waals surface area contributed by atoms with Gasteiger partial charge in [0.05, 0.1) is 0 Å². The third-order valence-electron chi connectivity index (χ3n) is 3.63. The van der Waals surface area contributed by atoms with Crippen molar-refractivity contribution in [3.8, 4) is 0 Å². The molecule has 1 aliphatic rings. The molecule has 112 valence electrons. The molecule has 6 heteroatoms. The van der Waals surface area contributed by atoms with E-state index in [-0.39, 0.29) is 6.54 Å². The van der Waals surface area contributed by atoms with E-state index in [0.29, 0.717) is 17.7 Å². The van der Waals surface area contributed by atoms with Crippen LogP contribution in [0.1, 0.15) is 31.5 Å². The molecule has 1 fully saturated rings. The van der Waals surface area contributed by atoms with Crippen molar-refractivity contribution in [3.63, 3.8) is 0 Å². The SMILES string of the molecule is CC1C[C@H](C)CN(c2nc(C(F)(F)Cl)ccc2CN)C1. The summed E-state index contributed by atoms with van der Waals surface area (Å²) >= 11 is 5.08. The Labute approximate surface area is 123 Å². The van der Waals surface area contributed by atoms with E-state index in [1.165, 1.54) is 6.07 Å². The monoisotopic (exact) mass is 303 g/mol. The van der Waals surface area contributed by atoms with Crippen molar-refractivity contribution in [1.29, 1.82) is 0 Å². The van der Waals surface area contributed by atoms with E-state index in [9.17, 15) is 8.78 Å². The lowest BCUT2D eigenvalue weighted by atomic mass is 9.91. The first-order valence-electron chi connectivity index (χ1n) is 6.83. The quantitative estimate of drug-likeness (QED) is 0.871. The molecular weight excluding hydrogens is 284 g/mol. The van der Waals surface area contributed by atoms with Crippen molar-refractivity contribution in [2.24, 2.45) is 17.6 Å². The maximum Gasteiger partial charge on any atom is 0.364 e. The van der Waals surface area contributed by atoms with Crippen LogP contribution >= 0.6 is 11.6 Å². The van der Waals surface area contributed by atoms with Gasteiger partial charge in [0.25, 0.3) is 0 Å². The van der Waals surface area contributed by atoms with E-state index in [1.807, 2.05) is 4.90 Å². The van der Waals surface area contributed by atoms with Gasteiger partial charge in [0.1, 0.15) is 11.5 Å². The van der Waals surface area contributed by atoms with Crippen LogP contribution in [0.15, 0.2) is 12.1 Å². The second-order valence-corrected chi connectivity index (χ2v) is 6.21. The fourth-order valence-corrected chi connectivity index (χ4v) is 3.01. The van der Waals surface area contributed by atoms with Crippen LogP contribution in [-0.2, 0) is 11.9 Å². The van der Waals surface area contributed by atoms with Crippen LogP contribution in [0.5, 0.6) is 0 Å². The van der Waals surface area contributed by atoms with Gasteiger partial charge >= 0.3 is 5.38 Å². The van der Waals surface area contributed by atoms with Crippen LogP contribution in [0, 0.1) is 11.8 Å². The van der Waals surface area contributed by atoms with Crippen molar-refractivity contribution in [1.82, 2.24) is 4.98 Å². The average Bonchev–Trinajstić information content (AvgIpc) is 2.35. The largest absolute Gasteiger partial charge is 0.364 e. The van der Waals surface area contributed by atoms with E-state index in [1.54, 1.807) is 6.07 Å². The zero-order valence-electron chi connectivity index (χ0n) is 11.7. The Bertz CT molecular complexity index is 466. The molecule has 0 amide bonds. The number of halogens is 3. The van der Waals surface area contributed by atoms with Crippen LogP contribution in [0.25, 0.3) is 0 Å². The Morgan fingerprint density at radius 3 is 2.45 bits per heavy atom. The van der Waals surface area contributed by atoms with E-state index in [4.69, 9.17) is 17.3 Å². The van der Waals surface area contributed by atoms with Crippen molar-refractivity contribution in [3.05, 3.63) is 23.4 Å². The standard InChI is InChI=1S/C14H20ClF2N3/c1-9-5-10(2)8-20(7-9)13-11(6-18)3-4-12(19-13)14(15,16)17/h3-4,9-10H,5-8,18H2,1-2H3/t9-,10?/m0/s1. The third kappa shape index (κ3) is 3.38. The second-order valence-electron chi connectivity index (χ2n) is 5.73. The van der Waals surface area contributed by atoms with Gasteiger partial charge in [-0.3, -0.25) is 0 Å². The smallest absolute Gasteiger partial charge is 0.356 e. The highest BCUT2D eigenvalue weighted by molar-refractivity contribution is 6.21. The van der Waals surface area contributed by atoms with E-state index in [0.717, 1.165) is 25.1 Å². The molecule has 1 aromatic heterocycles. The molecule has 2 N–H and O–H groups in total. The minimum Gasteiger partial charge on any atom is -0.356 e. The average molecular weight is 304 g/mol. The minimum absolute atomic E-state index is 0.274. The number of hydrogen-bond acceptors (Lipinski definition) is 3. The summed E-state index contributed by atoms with van der Waals surface area (Å²) in [6, 6.07) is 2.84. The maximum absolute atomic E-state index is 13.2. The highest BCUT2D eigenvalue weighted by atomic mass is 35.5. The molecule has 0 radical (unpaired) electrons. The third-order valence-corrected chi connectivity index (χ3v) is 3.83. The Balaban J connectivity index is 2.37. The molecule has 1 saturated heterocycles. The van der Waals surface area contributed by atoms with Crippen LogP contribution in [0.2, 0.25) is 0 Å². The first-order chi connectivity index (χ1) is 9.31. The van der Waals surface area contributed by atoms with Crippen molar-refractivity contribution >= 4 is 17.4 Å². The van der Waals surface area contributed by atoms with E-state index >= 15 is 0 Å². The van der Waals surface area contributed by atoms with Gasteiger partial charge in [-0.1, -0.05) is 19.9 Å². The predicted molar refractivity (Wildman–Crippen MR) is 77.0 cm³/mol. The lowest BCUT2D eigenvalue weighted by Crippen LogP contribution is -2.40. The number of rotatable bonds is 3. The lowest BCUT2D eigenvalue weighted by Gasteiger charge is -2.37. The summed E-state index contributed by atoms with van der Waals surface area (Å²) in [5.74, 6) is 1.56. The van der Waals surface area contributed by atoms with Crippen molar-refractivity contribution in [2.45, 2.75) is 32.2 Å². The summed E-state index contributed by atoms with van der Waals surface area (Å²) < 4.78 is 26.5. The molecular formula is C14H20ClF2N3. The highest BCUT2D eigenvalue weighted by Crippen LogP contribution is 2.34. The molecule has 3 nitrogen and oxygen atoms in total. The molecule has 0 bridgehead atoms. The molecule has 0 aliphatic carbocycles. The number of nitrogens with zero attached hydrogens (tertiary/aromatic N) is 2. The molecule has 1 aromatic rings. The lowest BCUT2D eigenvalue weighted by molar-refractivity contribution is 0.0900. The summed E-state index contributed by atoms with van der Waals surface area (Å²) in [4.78, 5) is 6.12.